The summed E-state index contributed by atoms with van der Waals surface area (Å²) in [4.78, 5) is 22.8. The van der Waals surface area contributed by atoms with E-state index in [9.17, 15) is 14.0 Å². The molecule has 0 aromatic heterocycles. The molecule has 0 spiro atoms. The van der Waals surface area contributed by atoms with Gasteiger partial charge in [-0.2, -0.15) is 0 Å². The Kier molecular flexibility index (Phi) is 6.42. The number of benzene rings is 1. The Morgan fingerprint density at radius 2 is 2.10 bits per heavy atom. The molecule has 0 saturated heterocycles. The molecule has 0 saturated carbocycles. The number of carbonyl (C=O) groups is 2. The fourth-order valence-corrected chi connectivity index (χ4v) is 1.95. The maximum absolute atomic E-state index is 13.7. The lowest BCUT2D eigenvalue weighted by molar-refractivity contribution is -0.130. The molecule has 5 nitrogen and oxygen atoms in total. The van der Waals surface area contributed by atoms with Crippen LogP contribution < -0.4 is 11.1 Å². The Morgan fingerprint density at radius 3 is 2.67 bits per heavy atom. The van der Waals surface area contributed by atoms with Gasteiger partial charge in [-0.25, -0.2) is 9.18 Å². The number of hydrogen-bond donors (Lipinski definition) is 2. The molecule has 1 aromatic rings. The maximum Gasteiger partial charge on any atom is 0.405 e. The predicted molar refractivity (Wildman–Crippen MR) is 77.2 cm³/mol. The third-order valence-electron chi connectivity index (χ3n) is 2.72. The fourth-order valence-electron chi connectivity index (χ4n) is 1.76. The van der Waals surface area contributed by atoms with E-state index in [1.807, 2.05) is 13.8 Å². The molecule has 7 heteroatoms. The molecule has 0 unspecified atom stereocenters. The third-order valence-corrected chi connectivity index (χ3v) is 3.01. The van der Waals surface area contributed by atoms with Crippen molar-refractivity contribution in [3.63, 3.8) is 0 Å². The zero-order chi connectivity index (χ0) is 16.0. The van der Waals surface area contributed by atoms with Crippen molar-refractivity contribution in [1.82, 2.24) is 5.32 Å². The van der Waals surface area contributed by atoms with Crippen LogP contribution in [0.2, 0.25) is 5.02 Å². The molecular weight excluding hydrogens is 299 g/mol. The Morgan fingerprint density at radius 1 is 1.43 bits per heavy atom. The molecule has 2 amide bonds. The van der Waals surface area contributed by atoms with Crippen molar-refractivity contribution in [3.05, 3.63) is 34.6 Å². The van der Waals surface area contributed by atoms with Crippen LogP contribution in [0.15, 0.2) is 18.2 Å². The summed E-state index contributed by atoms with van der Waals surface area (Å²) >= 11 is 5.66. The Bertz CT molecular complexity index is 523. The smallest absolute Gasteiger partial charge is 0.405 e. The molecule has 0 radical (unpaired) electrons. The van der Waals surface area contributed by atoms with Crippen LogP contribution in [0.25, 0.3) is 0 Å². The summed E-state index contributed by atoms with van der Waals surface area (Å²) in [5, 5.41) is 2.49. The van der Waals surface area contributed by atoms with Gasteiger partial charge < -0.3 is 15.8 Å². The molecule has 3 N–H and O–H groups in total. The summed E-state index contributed by atoms with van der Waals surface area (Å²) in [5.74, 6) is -0.986. The normalized spacial score (nSPS) is 12.0. The predicted octanol–water partition coefficient (Wildman–Crippen LogP) is 2.61. The summed E-state index contributed by atoms with van der Waals surface area (Å²) in [6.07, 6.45) is -1.69. The number of rotatable bonds is 6. The van der Waals surface area contributed by atoms with Gasteiger partial charge in [-0.05, 0) is 18.4 Å². The van der Waals surface area contributed by atoms with Gasteiger partial charge in [-0.15, -0.1) is 0 Å². The number of nitrogens with one attached hydrogen (secondary N) is 1. The zero-order valence-corrected chi connectivity index (χ0v) is 12.6. The first kappa shape index (κ1) is 17.2. The van der Waals surface area contributed by atoms with E-state index in [4.69, 9.17) is 22.1 Å². The molecule has 21 heavy (non-hydrogen) atoms. The third kappa shape index (κ3) is 5.59. The number of primary amides is 1. The Balaban J connectivity index is 2.68. The molecule has 116 valence electrons. The van der Waals surface area contributed by atoms with Gasteiger partial charge in [-0.3, -0.25) is 4.79 Å². The average molecular weight is 317 g/mol. The Hall–Kier alpha value is -1.82. The first-order chi connectivity index (χ1) is 9.81. The number of halogens is 2. The van der Waals surface area contributed by atoms with Crippen molar-refractivity contribution in [2.75, 3.05) is 0 Å². The first-order valence-electron chi connectivity index (χ1n) is 6.48. The van der Waals surface area contributed by atoms with E-state index in [1.54, 1.807) is 6.07 Å². The van der Waals surface area contributed by atoms with Crippen LogP contribution in [0.3, 0.4) is 0 Å². The van der Waals surface area contributed by atoms with Crippen molar-refractivity contribution in [1.29, 1.82) is 0 Å². The first-order valence-corrected chi connectivity index (χ1v) is 6.85. The second-order valence-electron chi connectivity index (χ2n) is 4.99. The maximum atomic E-state index is 13.7. The van der Waals surface area contributed by atoms with Gasteiger partial charge in [0.1, 0.15) is 5.82 Å². The lowest BCUT2D eigenvalue weighted by atomic mass is 10.1. The van der Waals surface area contributed by atoms with Crippen molar-refractivity contribution in [2.24, 2.45) is 11.7 Å². The van der Waals surface area contributed by atoms with Crippen LogP contribution in [0.5, 0.6) is 0 Å². The van der Waals surface area contributed by atoms with E-state index in [-0.39, 0.29) is 23.0 Å². The summed E-state index contributed by atoms with van der Waals surface area (Å²) in [6.45, 7) is 3.70. The van der Waals surface area contributed by atoms with Crippen LogP contribution in [-0.2, 0) is 16.1 Å². The number of amides is 2. The number of ether oxygens (including phenoxy) is 1. The second-order valence-corrected chi connectivity index (χ2v) is 5.39. The van der Waals surface area contributed by atoms with Gasteiger partial charge in [0, 0.05) is 12.1 Å². The molecule has 0 aliphatic heterocycles. The molecule has 0 aliphatic carbocycles. The molecule has 1 aromatic carbocycles. The van der Waals surface area contributed by atoms with Crippen LogP contribution >= 0.6 is 11.6 Å². The van der Waals surface area contributed by atoms with Gasteiger partial charge in [0.2, 0.25) is 0 Å². The minimum Gasteiger partial charge on any atom is -0.436 e. The van der Waals surface area contributed by atoms with Crippen LogP contribution in [0.4, 0.5) is 9.18 Å². The summed E-state index contributed by atoms with van der Waals surface area (Å²) in [7, 11) is 0. The Labute approximate surface area is 127 Å². The van der Waals surface area contributed by atoms with Crippen molar-refractivity contribution in [3.8, 4) is 0 Å². The van der Waals surface area contributed by atoms with Gasteiger partial charge in [0.15, 0.2) is 6.10 Å². The summed E-state index contributed by atoms with van der Waals surface area (Å²) < 4.78 is 18.5. The standard InChI is InChI=1S/C14H18ClFN2O3/c1-8(2)6-11(21-14(17)20)13(19)18-7-9-4-3-5-10(15)12(9)16/h3-5,8,11H,6-7H2,1-2H3,(H2,17,20)(H,18,19)/t11-/m0/s1. The van der Waals surface area contributed by atoms with Crippen LogP contribution in [0, 0.1) is 11.7 Å². The highest BCUT2D eigenvalue weighted by molar-refractivity contribution is 6.30. The SMILES string of the molecule is CC(C)C[C@H](OC(N)=O)C(=O)NCc1cccc(Cl)c1F. The lowest BCUT2D eigenvalue weighted by Crippen LogP contribution is -2.39. The molecule has 0 fully saturated rings. The molecular formula is C14H18ClFN2O3. The number of hydrogen-bond acceptors (Lipinski definition) is 3. The molecule has 0 bridgehead atoms. The van der Waals surface area contributed by atoms with Gasteiger partial charge in [-0.1, -0.05) is 37.6 Å². The highest BCUT2D eigenvalue weighted by atomic mass is 35.5. The minimum atomic E-state index is -1.02. The lowest BCUT2D eigenvalue weighted by Gasteiger charge is -2.18. The van der Waals surface area contributed by atoms with Crippen molar-refractivity contribution >= 4 is 23.6 Å². The minimum absolute atomic E-state index is 0.0196. The average Bonchev–Trinajstić information content (AvgIpc) is 2.38. The topological polar surface area (TPSA) is 81.4 Å². The summed E-state index contributed by atoms with van der Waals surface area (Å²) in [6, 6.07) is 4.51. The fraction of sp³-hybridized carbons (Fsp3) is 0.429. The van der Waals surface area contributed by atoms with Crippen LogP contribution in [-0.4, -0.2) is 18.1 Å². The van der Waals surface area contributed by atoms with E-state index < -0.39 is 23.9 Å². The van der Waals surface area contributed by atoms with E-state index >= 15 is 0 Å². The molecule has 0 aliphatic rings. The number of carbonyl (C=O) groups excluding carboxylic acids is 2. The van der Waals surface area contributed by atoms with E-state index in [0.717, 1.165) is 0 Å². The quantitative estimate of drug-likeness (QED) is 0.846. The highest BCUT2D eigenvalue weighted by Gasteiger charge is 2.23. The van der Waals surface area contributed by atoms with Crippen molar-refractivity contribution < 1.29 is 18.7 Å². The van der Waals surface area contributed by atoms with Crippen molar-refractivity contribution in [2.45, 2.75) is 32.9 Å². The van der Waals surface area contributed by atoms with E-state index in [0.29, 0.717) is 6.42 Å². The zero-order valence-electron chi connectivity index (χ0n) is 11.9. The monoisotopic (exact) mass is 316 g/mol. The van der Waals surface area contributed by atoms with Gasteiger partial charge >= 0.3 is 6.09 Å². The molecule has 0 heterocycles. The van der Waals surface area contributed by atoms with E-state index in [1.165, 1.54) is 12.1 Å². The van der Waals surface area contributed by atoms with Gasteiger partial charge in [0.05, 0.1) is 5.02 Å². The molecule has 1 atom stereocenters. The molecule has 1 rings (SSSR count). The second kappa shape index (κ2) is 7.83. The highest BCUT2D eigenvalue weighted by Crippen LogP contribution is 2.17. The van der Waals surface area contributed by atoms with E-state index in [2.05, 4.69) is 5.32 Å². The van der Waals surface area contributed by atoms with Crippen LogP contribution in [0.1, 0.15) is 25.8 Å². The largest absolute Gasteiger partial charge is 0.436 e. The van der Waals surface area contributed by atoms with Gasteiger partial charge in [0.25, 0.3) is 5.91 Å². The summed E-state index contributed by atoms with van der Waals surface area (Å²) in [5.41, 5.74) is 5.19. The number of nitrogens with two attached hydrogens (primary N) is 1.